The van der Waals surface area contributed by atoms with Gasteiger partial charge in [-0.05, 0) is 12.1 Å². The predicted octanol–water partition coefficient (Wildman–Crippen LogP) is 5.13. The standard InChI is InChI=1S/C19H17NO2Si/c1-23(2,3)13-12-16-14-8-4-6-10-17(14)19(20(21)22)18-11-7-5-9-15(16)18/h4-11H,1-3H3. The van der Waals surface area contributed by atoms with Crippen LogP contribution in [0.25, 0.3) is 21.5 Å². The Hall–Kier alpha value is -2.64. The second-order valence-corrected chi connectivity index (χ2v) is 11.3. The Morgan fingerprint density at radius 3 is 1.70 bits per heavy atom. The third kappa shape index (κ3) is 2.83. The van der Waals surface area contributed by atoms with Crippen LogP contribution in [0.15, 0.2) is 48.5 Å². The molecule has 3 rings (SSSR count). The van der Waals surface area contributed by atoms with Gasteiger partial charge in [-0.25, -0.2) is 0 Å². The van der Waals surface area contributed by atoms with Gasteiger partial charge in [-0.2, -0.15) is 0 Å². The van der Waals surface area contributed by atoms with E-state index in [1.165, 1.54) is 0 Å². The van der Waals surface area contributed by atoms with Crippen LogP contribution in [0.5, 0.6) is 0 Å². The monoisotopic (exact) mass is 319 g/mol. The van der Waals surface area contributed by atoms with E-state index in [4.69, 9.17) is 0 Å². The number of nitrogens with zero attached hydrogens (tertiary/aromatic N) is 1. The molecule has 23 heavy (non-hydrogen) atoms. The van der Waals surface area contributed by atoms with Crippen molar-refractivity contribution >= 4 is 35.3 Å². The van der Waals surface area contributed by atoms with Crippen LogP contribution in [-0.2, 0) is 0 Å². The maximum Gasteiger partial charge on any atom is 0.285 e. The third-order valence-corrected chi connectivity index (χ3v) is 4.52. The highest BCUT2D eigenvalue weighted by atomic mass is 28.3. The first kappa shape index (κ1) is 15.3. The van der Waals surface area contributed by atoms with Crippen LogP contribution >= 0.6 is 0 Å². The number of non-ortho nitro benzene ring substituents is 1. The van der Waals surface area contributed by atoms with E-state index in [9.17, 15) is 10.1 Å². The number of rotatable bonds is 1. The first-order valence-electron chi connectivity index (χ1n) is 7.49. The largest absolute Gasteiger partial charge is 0.285 e. The van der Waals surface area contributed by atoms with Crippen molar-refractivity contribution < 1.29 is 4.92 Å². The van der Waals surface area contributed by atoms with Crippen LogP contribution in [0.1, 0.15) is 5.56 Å². The van der Waals surface area contributed by atoms with E-state index < -0.39 is 8.07 Å². The van der Waals surface area contributed by atoms with Crippen molar-refractivity contribution in [1.82, 2.24) is 0 Å². The minimum Gasteiger partial charge on any atom is -0.258 e. The van der Waals surface area contributed by atoms with Crippen molar-refractivity contribution in [2.75, 3.05) is 0 Å². The summed E-state index contributed by atoms with van der Waals surface area (Å²) in [6.45, 7) is 6.57. The van der Waals surface area contributed by atoms with Crippen molar-refractivity contribution in [1.29, 1.82) is 0 Å². The molecule has 0 aromatic heterocycles. The normalized spacial score (nSPS) is 11.3. The highest BCUT2D eigenvalue weighted by molar-refractivity contribution is 6.83. The molecule has 0 saturated heterocycles. The van der Waals surface area contributed by atoms with E-state index in [2.05, 4.69) is 31.1 Å². The quantitative estimate of drug-likeness (QED) is 0.205. The lowest BCUT2D eigenvalue weighted by molar-refractivity contribution is -0.381. The molecule has 0 bridgehead atoms. The summed E-state index contributed by atoms with van der Waals surface area (Å²) in [5.74, 6) is 3.33. The van der Waals surface area contributed by atoms with Crippen LogP contribution in [0, 0.1) is 21.6 Å². The summed E-state index contributed by atoms with van der Waals surface area (Å²) >= 11 is 0. The Balaban J connectivity index is 2.53. The first-order chi connectivity index (χ1) is 10.9. The predicted molar refractivity (Wildman–Crippen MR) is 98.3 cm³/mol. The molecule has 0 N–H and O–H groups in total. The summed E-state index contributed by atoms with van der Waals surface area (Å²) in [5, 5.41) is 14.6. The molecule has 0 atom stereocenters. The molecule has 0 aliphatic heterocycles. The molecule has 0 spiro atoms. The van der Waals surface area contributed by atoms with E-state index in [1.54, 1.807) is 12.1 Å². The van der Waals surface area contributed by atoms with Gasteiger partial charge in [0, 0.05) is 16.3 Å². The number of nitro benzene ring substituents is 1. The number of hydrogen-bond acceptors (Lipinski definition) is 2. The third-order valence-electron chi connectivity index (χ3n) is 3.65. The van der Waals surface area contributed by atoms with Crippen LogP contribution in [0.2, 0.25) is 19.6 Å². The molecular formula is C19H17NO2Si. The Labute approximate surface area is 136 Å². The molecule has 0 heterocycles. The van der Waals surface area contributed by atoms with Gasteiger partial charge in [0.2, 0.25) is 0 Å². The van der Waals surface area contributed by atoms with Gasteiger partial charge in [-0.15, -0.1) is 5.54 Å². The van der Waals surface area contributed by atoms with Crippen molar-refractivity contribution in [2.24, 2.45) is 0 Å². The summed E-state index contributed by atoms with van der Waals surface area (Å²) in [4.78, 5) is 11.3. The minimum absolute atomic E-state index is 0.162. The summed E-state index contributed by atoms with van der Waals surface area (Å²) in [6, 6.07) is 14.9. The molecule has 0 amide bonds. The molecule has 114 valence electrons. The fourth-order valence-electron chi connectivity index (χ4n) is 2.69. The van der Waals surface area contributed by atoms with Crippen molar-refractivity contribution in [3.05, 3.63) is 64.2 Å². The van der Waals surface area contributed by atoms with E-state index in [1.807, 2.05) is 36.4 Å². The minimum atomic E-state index is -1.55. The van der Waals surface area contributed by atoms with E-state index >= 15 is 0 Å². The maximum atomic E-state index is 11.6. The Bertz CT molecular complexity index is 934. The highest BCUT2D eigenvalue weighted by Gasteiger charge is 2.20. The molecule has 0 radical (unpaired) electrons. The molecule has 3 aromatic carbocycles. The Morgan fingerprint density at radius 1 is 0.870 bits per heavy atom. The Kier molecular flexibility index (Phi) is 3.67. The second kappa shape index (κ2) is 5.53. The van der Waals surface area contributed by atoms with Crippen LogP contribution in [0.4, 0.5) is 5.69 Å². The Morgan fingerprint density at radius 2 is 1.30 bits per heavy atom. The zero-order valence-corrected chi connectivity index (χ0v) is 14.4. The van der Waals surface area contributed by atoms with Gasteiger partial charge in [-0.3, -0.25) is 10.1 Å². The number of fused-ring (bicyclic) bond motifs is 2. The summed E-state index contributed by atoms with van der Waals surface area (Å²) in [5.41, 5.74) is 4.44. The van der Waals surface area contributed by atoms with Crippen LogP contribution in [-0.4, -0.2) is 13.0 Å². The van der Waals surface area contributed by atoms with Gasteiger partial charge in [0.25, 0.3) is 5.69 Å². The number of nitro groups is 1. The van der Waals surface area contributed by atoms with Crippen molar-refractivity contribution in [2.45, 2.75) is 19.6 Å². The summed E-state index contributed by atoms with van der Waals surface area (Å²) < 4.78 is 0. The number of hydrogen-bond donors (Lipinski definition) is 0. The fourth-order valence-corrected chi connectivity index (χ4v) is 3.19. The smallest absolute Gasteiger partial charge is 0.258 e. The topological polar surface area (TPSA) is 43.1 Å². The van der Waals surface area contributed by atoms with Gasteiger partial charge in [-0.1, -0.05) is 62.0 Å². The highest BCUT2D eigenvalue weighted by Crippen LogP contribution is 2.37. The average molecular weight is 319 g/mol. The lowest BCUT2D eigenvalue weighted by Gasteiger charge is -2.09. The SMILES string of the molecule is C[Si](C)(C)C#Cc1c2ccccc2c([N+](=O)[O-])c2ccccc12. The first-order valence-corrected chi connectivity index (χ1v) is 11.0. The molecule has 0 aliphatic carbocycles. The summed E-state index contributed by atoms with van der Waals surface area (Å²) in [7, 11) is -1.55. The average Bonchev–Trinajstić information content (AvgIpc) is 2.50. The van der Waals surface area contributed by atoms with Gasteiger partial charge in [0.15, 0.2) is 0 Å². The molecule has 0 unspecified atom stereocenters. The van der Waals surface area contributed by atoms with Gasteiger partial charge in [0.05, 0.1) is 15.7 Å². The molecule has 3 nitrogen and oxygen atoms in total. The molecular weight excluding hydrogens is 302 g/mol. The van der Waals surface area contributed by atoms with Gasteiger partial charge < -0.3 is 0 Å². The molecule has 0 aliphatic rings. The van der Waals surface area contributed by atoms with Gasteiger partial charge >= 0.3 is 0 Å². The zero-order valence-electron chi connectivity index (χ0n) is 13.4. The van der Waals surface area contributed by atoms with Crippen molar-refractivity contribution in [3.63, 3.8) is 0 Å². The van der Waals surface area contributed by atoms with E-state index in [0.29, 0.717) is 10.8 Å². The maximum absolute atomic E-state index is 11.6. The fraction of sp³-hybridized carbons (Fsp3) is 0.158. The van der Waals surface area contributed by atoms with Crippen molar-refractivity contribution in [3.8, 4) is 11.5 Å². The molecule has 4 heteroatoms. The van der Waals surface area contributed by atoms with Crippen LogP contribution in [0.3, 0.4) is 0 Å². The molecule has 0 fully saturated rings. The van der Waals surface area contributed by atoms with Crippen LogP contribution < -0.4 is 0 Å². The molecule has 3 aromatic rings. The second-order valence-electron chi connectivity index (χ2n) is 6.57. The number of benzene rings is 3. The summed E-state index contributed by atoms with van der Waals surface area (Å²) in [6.07, 6.45) is 0. The zero-order chi connectivity index (χ0) is 16.6. The lowest BCUT2D eigenvalue weighted by atomic mass is 9.95. The van der Waals surface area contributed by atoms with E-state index in [0.717, 1.165) is 16.3 Å². The molecule has 0 saturated carbocycles. The van der Waals surface area contributed by atoms with Gasteiger partial charge in [0.1, 0.15) is 8.07 Å². The van der Waals surface area contributed by atoms with E-state index in [-0.39, 0.29) is 10.6 Å². The lowest BCUT2D eigenvalue weighted by Crippen LogP contribution is -2.16.